The van der Waals surface area contributed by atoms with E-state index in [9.17, 15) is 9.59 Å². The summed E-state index contributed by atoms with van der Waals surface area (Å²) < 4.78 is 0. The van der Waals surface area contributed by atoms with Crippen LogP contribution in [0.4, 0.5) is 5.69 Å². The highest BCUT2D eigenvalue weighted by Gasteiger charge is 2.21. The topological polar surface area (TPSA) is 74.8 Å². The Bertz CT molecular complexity index is 1030. The average Bonchev–Trinajstić information content (AvgIpc) is 2.71. The first kappa shape index (κ1) is 19.8. The Hall–Kier alpha value is -2.95. The van der Waals surface area contributed by atoms with Crippen molar-refractivity contribution in [3.8, 4) is 0 Å². The van der Waals surface area contributed by atoms with Crippen molar-refractivity contribution >= 4 is 23.7 Å². The molecule has 0 atom stereocenters. The monoisotopic (exact) mass is 377 g/mol. The van der Waals surface area contributed by atoms with Gasteiger partial charge in [-0.25, -0.2) is 5.10 Å². The number of hydrogen-bond donors (Lipinski definition) is 2. The van der Waals surface area contributed by atoms with Crippen molar-refractivity contribution in [3.63, 3.8) is 0 Å². The van der Waals surface area contributed by atoms with E-state index in [0.717, 1.165) is 47.8 Å². The Morgan fingerprint density at radius 2 is 2.07 bits per heavy atom. The highest BCUT2D eigenvalue weighted by Crippen LogP contribution is 2.25. The van der Waals surface area contributed by atoms with Crippen LogP contribution in [0.3, 0.4) is 0 Å². The molecule has 0 radical (unpaired) electrons. The summed E-state index contributed by atoms with van der Waals surface area (Å²) in [6, 6.07) is 7.81. The lowest BCUT2D eigenvalue weighted by atomic mass is 9.88. The van der Waals surface area contributed by atoms with Crippen molar-refractivity contribution in [2.24, 2.45) is 5.92 Å². The molecule has 1 amide bonds. The molecule has 146 valence electrons. The number of nitrogens with one attached hydrogen (secondary N) is 2. The molecule has 0 spiro atoms. The van der Waals surface area contributed by atoms with E-state index in [1.54, 1.807) is 12.2 Å². The summed E-state index contributed by atoms with van der Waals surface area (Å²) in [5, 5.41) is 11.2. The van der Waals surface area contributed by atoms with Gasteiger partial charge < -0.3 is 5.32 Å². The van der Waals surface area contributed by atoms with E-state index in [1.807, 2.05) is 37.3 Å². The molecular formula is C23H27N3O2. The number of benzene rings is 1. The van der Waals surface area contributed by atoms with Gasteiger partial charge in [0.2, 0.25) is 5.91 Å². The fraction of sp³-hybridized carbons (Fsp3) is 0.348. The van der Waals surface area contributed by atoms with E-state index in [1.165, 1.54) is 6.42 Å². The Labute approximate surface area is 164 Å². The van der Waals surface area contributed by atoms with Crippen molar-refractivity contribution < 1.29 is 4.79 Å². The fourth-order valence-electron chi connectivity index (χ4n) is 3.80. The first-order valence-corrected chi connectivity index (χ1v) is 9.89. The maximum Gasteiger partial charge on any atom is 0.271 e. The van der Waals surface area contributed by atoms with Crippen LogP contribution in [0.5, 0.6) is 0 Å². The number of aromatic nitrogens is 2. The van der Waals surface area contributed by atoms with Crippen LogP contribution in [0.15, 0.2) is 41.7 Å². The second-order valence-electron chi connectivity index (χ2n) is 7.22. The van der Waals surface area contributed by atoms with Crippen molar-refractivity contribution in [2.75, 3.05) is 5.32 Å². The van der Waals surface area contributed by atoms with Gasteiger partial charge in [-0.2, -0.15) is 5.10 Å². The molecule has 0 bridgehead atoms. The minimum atomic E-state index is -0.215. The third-order valence-electron chi connectivity index (χ3n) is 5.25. The number of amides is 1. The second kappa shape index (κ2) is 9.31. The van der Waals surface area contributed by atoms with Gasteiger partial charge in [-0.1, -0.05) is 56.2 Å². The zero-order chi connectivity index (χ0) is 19.9. The Kier molecular flexibility index (Phi) is 6.58. The quantitative estimate of drug-likeness (QED) is 0.841. The molecular weight excluding hydrogens is 350 g/mol. The predicted octanol–water partition coefficient (Wildman–Crippen LogP) is 2.65. The van der Waals surface area contributed by atoms with E-state index in [2.05, 4.69) is 22.1 Å². The lowest BCUT2D eigenvalue weighted by Gasteiger charge is -2.20. The third kappa shape index (κ3) is 4.66. The molecule has 1 heterocycles. The van der Waals surface area contributed by atoms with Crippen molar-refractivity contribution in [1.82, 2.24) is 10.2 Å². The van der Waals surface area contributed by atoms with Crippen molar-refractivity contribution in [1.29, 1.82) is 0 Å². The lowest BCUT2D eigenvalue weighted by molar-refractivity contribution is -0.120. The lowest BCUT2D eigenvalue weighted by Crippen LogP contribution is -2.44. The molecule has 5 heteroatoms. The molecule has 28 heavy (non-hydrogen) atoms. The minimum absolute atomic E-state index is 0.113. The largest absolute Gasteiger partial charge is 0.326 e. The summed E-state index contributed by atoms with van der Waals surface area (Å²) in [4.78, 5) is 24.5. The Morgan fingerprint density at radius 3 is 2.79 bits per heavy atom. The standard InChI is InChI=1S/C23H27N3O2/c1-3-9-20-19(4-2)23(28)26-25-21(20)15-16-10-8-13-18(14-16)24-22(27)17-11-6-5-7-12-17/h3-4,8-10,13-14,17H,1,5-7,11-12,15H2,2H3,(H,24,27)(H,26,28)/b19-4+,20-9+. The zero-order valence-corrected chi connectivity index (χ0v) is 16.3. The summed E-state index contributed by atoms with van der Waals surface area (Å²) in [6.45, 7) is 5.57. The third-order valence-corrected chi connectivity index (χ3v) is 5.25. The number of carbonyl (C=O) groups excluding carboxylic acids is 1. The van der Waals surface area contributed by atoms with Gasteiger partial charge in [-0.05, 0) is 37.5 Å². The molecule has 2 aromatic rings. The number of carbonyl (C=O) groups is 1. The molecule has 3 rings (SSSR count). The SMILES string of the molecule is C=C/C=c1/c(Cc2cccc(NC(=O)C3CCCCC3)c2)n[nH]c(=O)/c1=C/C. The molecule has 1 aromatic carbocycles. The van der Waals surface area contributed by atoms with Crippen LogP contribution in [0.25, 0.3) is 12.2 Å². The number of aromatic amines is 1. The van der Waals surface area contributed by atoms with Crippen LogP contribution in [0.1, 0.15) is 50.3 Å². The highest BCUT2D eigenvalue weighted by molar-refractivity contribution is 5.92. The summed E-state index contributed by atoms with van der Waals surface area (Å²) in [6.07, 6.45) is 11.2. The van der Waals surface area contributed by atoms with Gasteiger partial charge in [0.15, 0.2) is 0 Å². The molecule has 1 saturated carbocycles. The van der Waals surface area contributed by atoms with Crippen LogP contribution >= 0.6 is 0 Å². The summed E-state index contributed by atoms with van der Waals surface area (Å²) in [7, 11) is 0. The first-order chi connectivity index (χ1) is 13.6. The van der Waals surface area contributed by atoms with Crippen LogP contribution in [0, 0.1) is 5.92 Å². The minimum Gasteiger partial charge on any atom is -0.326 e. The molecule has 1 aliphatic carbocycles. The van der Waals surface area contributed by atoms with Gasteiger partial charge in [0.25, 0.3) is 5.56 Å². The number of H-pyrrole nitrogens is 1. The molecule has 0 aliphatic heterocycles. The molecule has 1 aromatic heterocycles. The number of rotatable bonds is 5. The van der Waals surface area contributed by atoms with Crippen LogP contribution in [-0.4, -0.2) is 16.1 Å². The molecule has 5 nitrogen and oxygen atoms in total. The van der Waals surface area contributed by atoms with Crippen LogP contribution in [0.2, 0.25) is 0 Å². The average molecular weight is 377 g/mol. The molecule has 0 unspecified atom stereocenters. The summed E-state index contributed by atoms with van der Waals surface area (Å²) >= 11 is 0. The molecule has 2 N–H and O–H groups in total. The molecule has 0 saturated heterocycles. The Morgan fingerprint density at radius 1 is 1.29 bits per heavy atom. The van der Waals surface area contributed by atoms with E-state index in [0.29, 0.717) is 11.6 Å². The van der Waals surface area contributed by atoms with Crippen molar-refractivity contribution in [3.05, 3.63) is 69.0 Å². The number of anilines is 1. The maximum atomic E-state index is 12.5. The van der Waals surface area contributed by atoms with E-state index < -0.39 is 0 Å². The summed E-state index contributed by atoms with van der Waals surface area (Å²) in [5.74, 6) is 0.234. The number of hydrogen-bond acceptors (Lipinski definition) is 3. The van der Waals surface area contributed by atoms with Gasteiger partial charge in [-0.15, -0.1) is 0 Å². The zero-order valence-electron chi connectivity index (χ0n) is 16.3. The predicted molar refractivity (Wildman–Crippen MR) is 113 cm³/mol. The number of nitrogens with zero attached hydrogens (tertiary/aromatic N) is 1. The van der Waals surface area contributed by atoms with Gasteiger partial charge in [-0.3, -0.25) is 9.59 Å². The van der Waals surface area contributed by atoms with Crippen LogP contribution in [-0.2, 0) is 11.2 Å². The molecule has 1 fully saturated rings. The smallest absolute Gasteiger partial charge is 0.271 e. The second-order valence-corrected chi connectivity index (χ2v) is 7.22. The Balaban J connectivity index is 1.84. The van der Waals surface area contributed by atoms with Gasteiger partial charge in [0.05, 0.1) is 5.69 Å². The molecule has 1 aliphatic rings. The van der Waals surface area contributed by atoms with Gasteiger partial charge in [0, 0.05) is 28.5 Å². The van der Waals surface area contributed by atoms with E-state index >= 15 is 0 Å². The number of allylic oxidation sites excluding steroid dienone is 1. The van der Waals surface area contributed by atoms with Crippen molar-refractivity contribution in [2.45, 2.75) is 45.4 Å². The normalized spacial score (nSPS) is 16.2. The van der Waals surface area contributed by atoms with Crippen LogP contribution < -0.4 is 21.3 Å². The van der Waals surface area contributed by atoms with E-state index in [-0.39, 0.29) is 17.4 Å². The first-order valence-electron chi connectivity index (χ1n) is 9.89. The van der Waals surface area contributed by atoms with E-state index in [4.69, 9.17) is 0 Å². The highest BCUT2D eigenvalue weighted by atomic mass is 16.2. The summed E-state index contributed by atoms with van der Waals surface area (Å²) in [5.41, 5.74) is 2.37. The fourth-order valence-corrected chi connectivity index (χ4v) is 3.80. The van der Waals surface area contributed by atoms with Gasteiger partial charge >= 0.3 is 0 Å². The van der Waals surface area contributed by atoms with Gasteiger partial charge in [0.1, 0.15) is 0 Å². The maximum absolute atomic E-state index is 12.5.